The molecule has 1 aliphatic rings. The first-order chi connectivity index (χ1) is 10.0. The van der Waals surface area contributed by atoms with Gasteiger partial charge in [0, 0.05) is 13.5 Å². The van der Waals surface area contributed by atoms with E-state index in [9.17, 15) is 15.0 Å². The molecule has 22 heavy (non-hydrogen) atoms. The van der Waals surface area contributed by atoms with E-state index in [1.54, 1.807) is 20.8 Å². The molecule has 9 heteroatoms. The van der Waals surface area contributed by atoms with Gasteiger partial charge in [0.2, 0.25) is 0 Å². The van der Waals surface area contributed by atoms with E-state index in [0.717, 1.165) is 16.7 Å². The van der Waals surface area contributed by atoms with Gasteiger partial charge in [0.25, 0.3) is 0 Å². The summed E-state index contributed by atoms with van der Waals surface area (Å²) >= 11 is 0.912. The summed E-state index contributed by atoms with van der Waals surface area (Å²) < 4.78 is 10.6. The molecule has 1 heterocycles. The largest absolute Gasteiger partial charge is 0.443 e. The third-order valence-electron chi connectivity index (χ3n) is 2.93. The van der Waals surface area contributed by atoms with Crippen molar-refractivity contribution in [1.29, 1.82) is 5.41 Å². The van der Waals surface area contributed by atoms with Crippen molar-refractivity contribution >= 4 is 23.0 Å². The number of amides is 1. The first-order valence-corrected chi connectivity index (χ1v) is 7.77. The van der Waals surface area contributed by atoms with E-state index in [1.165, 1.54) is 7.05 Å². The highest BCUT2D eigenvalue weighted by molar-refractivity contribution is 8.14. The van der Waals surface area contributed by atoms with Crippen molar-refractivity contribution < 1.29 is 29.6 Å². The molecule has 0 aromatic heterocycles. The van der Waals surface area contributed by atoms with E-state index in [-0.39, 0.29) is 11.6 Å². The van der Waals surface area contributed by atoms with Gasteiger partial charge in [0.1, 0.15) is 23.2 Å². The minimum Gasteiger partial charge on any atom is -0.443 e. The zero-order valence-corrected chi connectivity index (χ0v) is 14.0. The van der Waals surface area contributed by atoms with Gasteiger partial charge in [-0.25, -0.2) is 4.79 Å². The van der Waals surface area contributed by atoms with Crippen LogP contribution < -0.4 is 0 Å². The topological polar surface area (TPSA) is 123 Å². The van der Waals surface area contributed by atoms with Crippen LogP contribution >= 0.6 is 11.8 Å². The first kappa shape index (κ1) is 19.2. The van der Waals surface area contributed by atoms with Crippen LogP contribution in [0.4, 0.5) is 4.79 Å². The minimum absolute atomic E-state index is 0.0902. The van der Waals surface area contributed by atoms with Crippen LogP contribution in [0.3, 0.4) is 0 Å². The lowest BCUT2D eigenvalue weighted by Crippen LogP contribution is -2.49. The maximum atomic E-state index is 11.9. The molecule has 128 valence electrons. The molecule has 1 rings (SSSR count). The van der Waals surface area contributed by atoms with Crippen molar-refractivity contribution in [2.45, 2.75) is 56.5 Å². The van der Waals surface area contributed by atoms with Crippen LogP contribution in [0.5, 0.6) is 0 Å². The number of hydrogen-bond donors (Lipinski definition) is 4. The zero-order valence-electron chi connectivity index (χ0n) is 13.1. The highest BCUT2D eigenvalue weighted by Crippen LogP contribution is 2.29. The van der Waals surface area contributed by atoms with Crippen LogP contribution in [-0.2, 0) is 9.47 Å². The second kappa shape index (κ2) is 7.60. The monoisotopic (exact) mass is 336 g/mol. The zero-order chi connectivity index (χ0) is 17.1. The standard InChI is InChI=1S/C13H24N2O6S/c1-13(2,3)21-12(19)15(4)11(14)22-9-5-7(17)10(18)8(6-16)20-9/h7-10,14,16-18H,5-6H2,1-4H3/t7?,8?,9-,10+/m1/s1. The summed E-state index contributed by atoms with van der Waals surface area (Å²) in [7, 11) is 1.40. The Bertz CT molecular complexity index is 414. The molecule has 0 spiro atoms. The average molecular weight is 336 g/mol. The highest BCUT2D eigenvalue weighted by atomic mass is 32.2. The highest BCUT2D eigenvalue weighted by Gasteiger charge is 2.37. The minimum atomic E-state index is -1.17. The van der Waals surface area contributed by atoms with Gasteiger partial charge >= 0.3 is 6.09 Å². The van der Waals surface area contributed by atoms with Crippen molar-refractivity contribution in [3.8, 4) is 0 Å². The number of nitrogens with one attached hydrogen (secondary N) is 1. The summed E-state index contributed by atoms with van der Waals surface area (Å²) in [5, 5.41) is 36.3. The summed E-state index contributed by atoms with van der Waals surface area (Å²) in [4.78, 5) is 12.9. The van der Waals surface area contributed by atoms with Crippen LogP contribution in [0.2, 0.25) is 0 Å². The molecule has 4 atom stereocenters. The number of carbonyl (C=O) groups is 1. The molecule has 4 N–H and O–H groups in total. The SMILES string of the molecule is CN(C(=N)S[C@@H]1CC(O)[C@H](O)C(CO)O1)C(=O)OC(C)(C)C. The van der Waals surface area contributed by atoms with Crippen LogP contribution in [0.15, 0.2) is 0 Å². The Kier molecular flexibility index (Phi) is 6.63. The molecule has 1 fully saturated rings. The molecular formula is C13H24N2O6S. The second-order valence-corrected chi connectivity index (χ2v) is 7.19. The van der Waals surface area contributed by atoms with Crippen molar-refractivity contribution in [2.24, 2.45) is 0 Å². The number of thioether (sulfide) groups is 1. The maximum absolute atomic E-state index is 11.9. The van der Waals surface area contributed by atoms with E-state index in [1.807, 2.05) is 0 Å². The summed E-state index contributed by atoms with van der Waals surface area (Å²) in [5.41, 5.74) is -1.31. The maximum Gasteiger partial charge on any atom is 0.416 e. The van der Waals surface area contributed by atoms with Gasteiger partial charge < -0.3 is 24.8 Å². The Labute approximate surface area is 133 Å². The van der Waals surface area contributed by atoms with Gasteiger partial charge in [0.15, 0.2) is 5.17 Å². The van der Waals surface area contributed by atoms with Crippen molar-refractivity contribution in [3.05, 3.63) is 0 Å². The molecule has 8 nitrogen and oxygen atoms in total. The van der Waals surface area contributed by atoms with Gasteiger partial charge in [0.05, 0.1) is 12.7 Å². The Hall–Kier alpha value is -0.870. The fraction of sp³-hybridized carbons (Fsp3) is 0.846. The van der Waals surface area contributed by atoms with Gasteiger partial charge in [-0.05, 0) is 20.8 Å². The molecule has 0 saturated carbocycles. The third kappa shape index (κ3) is 5.40. The molecule has 1 aliphatic heterocycles. The number of hydrogen-bond acceptors (Lipinski definition) is 8. The Morgan fingerprint density at radius 3 is 2.55 bits per heavy atom. The predicted octanol–water partition coefficient (Wildman–Crippen LogP) is 0.350. The number of aliphatic hydroxyl groups excluding tert-OH is 3. The van der Waals surface area contributed by atoms with Crippen molar-refractivity contribution in [2.75, 3.05) is 13.7 Å². The van der Waals surface area contributed by atoms with Gasteiger partial charge in [-0.15, -0.1) is 0 Å². The van der Waals surface area contributed by atoms with Gasteiger partial charge in [-0.2, -0.15) is 0 Å². The third-order valence-corrected chi connectivity index (χ3v) is 3.99. The number of ether oxygens (including phenoxy) is 2. The fourth-order valence-corrected chi connectivity index (χ4v) is 2.73. The summed E-state index contributed by atoms with van der Waals surface area (Å²) in [6, 6.07) is 0. The Morgan fingerprint density at radius 1 is 1.45 bits per heavy atom. The lowest BCUT2D eigenvalue weighted by Gasteiger charge is -2.36. The molecule has 0 bridgehead atoms. The predicted molar refractivity (Wildman–Crippen MR) is 81.7 cm³/mol. The Morgan fingerprint density at radius 2 is 2.05 bits per heavy atom. The lowest BCUT2D eigenvalue weighted by atomic mass is 10.0. The molecule has 0 aromatic rings. The fourth-order valence-electron chi connectivity index (χ4n) is 1.76. The lowest BCUT2D eigenvalue weighted by molar-refractivity contribution is -0.156. The molecule has 2 unspecified atom stereocenters. The van der Waals surface area contributed by atoms with Gasteiger partial charge in [-0.1, -0.05) is 11.8 Å². The normalized spacial score (nSPS) is 29.0. The van der Waals surface area contributed by atoms with E-state index in [2.05, 4.69) is 0 Å². The molecular weight excluding hydrogens is 312 g/mol. The van der Waals surface area contributed by atoms with Crippen LogP contribution in [0.1, 0.15) is 27.2 Å². The van der Waals surface area contributed by atoms with E-state index < -0.39 is 42.0 Å². The molecule has 0 radical (unpaired) electrons. The Balaban J connectivity index is 2.59. The van der Waals surface area contributed by atoms with Gasteiger partial charge in [-0.3, -0.25) is 10.3 Å². The summed E-state index contributed by atoms with van der Waals surface area (Å²) in [6.45, 7) is 4.74. The number of nitrogens with zero attached hydrogens (tertiary/aromatic N) is 1. The molecule has 0 aromatic carbocycles. The van der Waals surface area contributed by atoms with Crippen LogP contribution in [0.25, 0.3) is 0 Å². The second-order valence-electron chi connectivity index (χ2n) is 6.04. The van der Waals surface area contributed by atoms with Crippen molar-refractivity contribution in [3.63, 3.8) is 0 Å². The molecule has 1 amide bonds. The van der Waals surface area contributed by atoms with E-state index in [4.69, 9.17) is 20.0 Å². The quantitative estimate of drug-likeness (QED) is 0.424. The number of aliphatic hydroxyl groups is 3. The number of amidine groups is 1. The van der Waals surface area contributed by atoms with Crippen LogP contribution in [0, 0.1) is 5.41 Å². The first-order valence-electron chi connectivity index (χ1n) is 6.89. The average Bonchev–Trinajstić information content (AvgIpc) is 2.39. The number of rotatable bonds is 2. The van der Waals surface area contributed by atoms with Crippen molar-refractivity contribution in [1.82, 2.24) is 4.90 Å². The summed E-state index contributed by atoms with van der Waals surface area (Å²) in [5.74, 6) is 0. The smallest absolute Gasteiger partial charge is 0.416 e. The van der Waals surface area contributed by atoms with E-state index >= 15 is 0 Å². The summed E-state index contributed by atoms with van der Waals surface area (Å²) in [6.07, 6.45) is -3.71. The van der Waals surface area contributed by atoms with Crippen LogP contribution in [-0.4, -0.2) is 74.5 Å². The molecule has 1 saturated heterocycles. The molecule has 0 aliphatic carbocycles. The van der Waals surface area contributed by atoms with E-state index in [0.29, 0.717) is 0 Å². The number of carbonyl (C=O) groups excluding carboxylic acids is 1.